The molecule has 2 aliphatic heterocycles. The summed E-state index contributed by atoms with van der Waals surface area (Å²) in [7, 11) is 4.63. The fourth-order valence-electron chi connectivity index (χ4n) is 3.48. The molecule has 1 amide bonds. The lowest BCUT2D eigenvalue weighted by atomic mass is 9.94. The SMILES string of the molecule is CCC1SC2=NC(C)=C(C(=O)OCCOC)C(c3ccc(OC)c(OC)c3)N2C1=O. The van der Waals surface area contributed by atoms with Crippen LogP contribution in [0.15, 0.2) is 34.5 Å². The molecule has 0 radical (unpaired) electrons. The van der Waals surface area contributed by atoms with E-state index in [0.29, 0.717) is 39.9 Å². The first-order valence-electron chi connectivity index (χ1n) is 9.63. The first kappa shape index (κ1) is 22.2. The molecule has 2 aliphatic rings. The summed E-state index contributed by atoms with van der Waals surface area (Å²) >= 11 is 1.42. The van der Waals surface area contributed by atoms with Crippen LogP contribution in [0.1, 0.15) is 31.9 Å². The third kappa shape index (κ3) is 4.04. The van der Waals surface area contributed by atoms with E-state index in [1.807, 2.05) is 13.0 Å². The molecule has 1 fully saturated rings. The lowest BCUT2D eigenvalue weighted by molar-refractivity contribution is -0.141. The summed E-state index contributed by atoms with van der Waals surface area (Å²) in [4.78, 5) is 32.3. The van der Waals surface area contributed by atoms with Crippen LogP contribution in [0.5, 0.6) is 11.5 Å². The van der Waals surface area contributed by atoms with E-state index in [0.717, 1.165) is 0 Å². The van der Waals surface area contributed by atoms with Crippen molar-refractivity contribution in [3.8, 4) is 11.5 Å². The highest BCUT2D eigenvalue weighted by atomic mass is 32.2. The second-order valence-corrected chi connectivity index (χ2v) is 7.93. The van der Waals surface area contributed by atoms with Gasteiger partial charge in [0.05, 0.1) is 43.4 Å². The van der Waals surface area contributed by atoms with Crippen LogP contribution < -0.4 is 9.47 Å². The number of thioether (sulfide) groups is 1. The molecule has 0 bridgehead atoms. The van der Waals surface area contributed by atoms with Crippen molar-refractivity contribution in [3.05, 3.63) is 35.0 Å². The summed E-state index contributed by atoms with van der Waals surface area (Å²) in [6, 6.07) is 4.69. The molecule has 1 aromatic rings. The number of amidine groups is 1. The summed E-state index contributed by atoms with van der Waals surface area (Å²) < 4.78 is 21.1. The van der Waals surface area contributed by atoms with E-state index >= 15 is 0 Å². The highest BCUT2D eigenvalue weighted by molar-refractivity contribution is 8.15. The molecule has 9 heteroatoms. The molecule has 2 atom stereocenters. The summed E-state index contributed by atoms with van der Waals surface area (Å²) in [5.41, 5.74) is 1.57. The molecule has 0 N–H and O–H groups in total. The Hall–Kier alpha value is -2.52. The minimum Gasteiger partial charge on any atom is -0.493 e. The van der Waals surface area contributed by atoms with Crippen molar-refractivity contribution >= 4 is 28.8 Å². The van der Waals surface area contributed by atoms with Gasteiger partial charge in [0.1, 0.15) is 6.61 Å². The van der Waals surface area contributed by atoms with Gasteiger partial charge in [-0.1, -0.05) is 24.8 Å². The van der Waals surface area contributed by atoms with E-state index < -0.39 is 12.0 Å². The Morgan fingerprint density at radius 3 is 2.53 bits per heavy atom. The molecule has 3 rings (SSSR count). The van der Waals surface area contributed by atoms with Gasteiger partial charge in [0.15, 0.2) is 16.7 Å². The van der Waals surface area contributed by atoms with Gasteiger partial charge in [-0.3, -0.25) is 9.69 Å². The molecular weight excluding hydrogens is 408 g/mol. The van der Waals surface area contributed by atoms with E-state index in [1.165, 1.54) is 18.9 Å². The Labute approximate surface area is 180 Å². The summed E-state index contributed by atoms with van der Waals surface area (Å²) in [6.45, 7) is 4.11. The Morgan fingerprint density at radius 1 is 1.17 bits per heavy atom. The fourth-order valence-corrected chi connectivity index (χ4v) is 4.62. The van der Waals surface area contributed by atoms with Crippen molar-refractivity contribution in [1.29, 1.82) is 0 Å². The van der Waals surface area contributed by atoms with E-state index in [-0.39, 0.29) is 24.4 Å². The lowest BCUT2D eigenvalue weighted by Gasteiger charge is -2.33. The Bertz CT molecular complexity index is 897. The third-order valence-electron chi connectivity index (χ3n) is 4.99. The second-order valence-electron chi connectivity index (χ2n) is 6.76. The lowest BCUT2D eigenvalue weighted by Crippen LogP contribution is -2.41. The zero-order valence-corrected chi connectivity index (χ0v) is 18.6. The fraction of sp³-hybridized carbons (Fsp3) is 0.476. The number of carbonyl (C=O) groups is 2. The van der Waals surface area contributed by atoms with Gasteiger partial charge in [0, 0.05) is 7.11 Å². The molecule has 30 heavy (non-hydrogen) atoms. The number of rotatable bonds is 8. The Kier molecular flexibility index (Phi) is 7.04. The van der Waals surface area contributed by atoms with Crippen molar-refractivity contribution < 1.29 is 28.5 Å². The van der Waals surface area contributed by atoms with Crippen molar-refractivity contribution in [3.63, 3.8) is 0 Å². The number of esters is 1. The van der Waals surface area contributed by atoms with Crippen molar-refractivity contribution in [2.75, 3.05) is 34.5 Å². The van der Waals surface area contributed by atoms with Crippen molar-refractivity contribution in [2.24, 2.45) is 4.99 Å². The predicted molar refractivity (Wildman–Crippen MR) is 114 cm³/mol. The molecule has 2 heterocycles. The number of fused-ring (bicyclic) bond motifs is 1. The van der Waals surface area contributed by atoms with Gasteiger partial charge < -0.3 is 18.9 Å². The molecule has 1 aromatic carbocycles. The molecule has 8 nitrogen and oxygen atoms in total. The molecule has 2 unspecified atom stereocenters. The maximum atomic E-state index is 13.1. The van der Waals surface area contributed by atoms with Crippen LogP contribution in [0.3, 0.4) is 0 Å². The Balaban J connectivity index is 2.09. The number of nitrogens with zero attached hydrogens (tertiary/aromatic N) is 2. The molecular formula is C21H26N2O6S. The largest absolute Gasteiger partial charge is 0.493 e. The van der Waals surface area contributed by atoms with Crippen LogP contribution in [0.2, 0.25) is 0 Å². The van der Waals surface area contributed by atoms with Crippen molar-refractivity contribution in [2.45, 2.75) is 31.6 Å². The number of hydrogen-bond donors (Lipinski definition) is 0. The average Bonchev–Trinajstić information content (AvgIpc) is 3.07. The second kappa shape index (κ2) is 9.53. The monoisotopic (exact) mass is 434 g/mol. The minimum atomic E-state index is -0.663. The van der Waals surface area contributed by atoms with Crippen LogP contribution >= 0.6 is 11.8 Å². The topological polar surface area (TPSA) is 86.7 Å². The average molecular weight is 435 g/mol. The van der Waals surface area contributed by atoms with Crippen molar-refractivity contribution in [1.82, 2.24) is 4.90 Å². The van der Waals surface area contributed by atoms with Gasteiger partial charge in [-0.05, 0) is 31.0 Å². The van der Waals surface area contributed by atoms with E-state index in [4.69, 9.17) is 18.9 Å². The van der Waals surface area contributed by atoms with Gasteiger partial charge in [-0.15, -0.1) is 0 Å². The van der Waals surface area contributed by atoms with Gasteiger partial charge in [0.25, 0.3) is 0 Å². The molecule has 0 saturated carbocycles. The van der Waals surface area contributed by atoms with E-state index in [9.17, 15) is 9.59 Å². The standard InChI is InChI=1S/C21H26N2O6S/c1-6-16-19(24)23-18(13-7-8-14(27-4)15(11-13)28-5)17(12(2)22-21(23)30-16)20(25)29-10-9-26-3/h7-8,11,16,18H,6,9-10H2,1-5H3. The third-order valence-corrected chi connectivity index (χ3v) is 6.30. The maximum Gasteiger partial charge on any atom is 0.338 e. The maximum absolute atomic E-state index is 13.1. The molecule has 162 valence electrons. The van der Waals surface area contributed by atoms with Crippen LogP contribution in [0.4, 0.5) is 0 Å². The number of carbonyl (C=O) groups excluding carboxylic acids is 2. The Morgan fingerprint density at radius 2 is 1.90 bits per heavy atom. The molecule has 0 spiro atoms. The van der Waals surface area contributed by atoms with Crippen LogP contribution in [-0.4, -0.2) is 61.7 Å². The van der Waals surface area contributed by atoms with Gasteiger partial charge >= 0.3 is 5.97 Å². The number of benzene rings is 1. The quantitative estimate of drug-likeness (QED) is 0.459. The number of ether oxygens (including phenoxy) is 4. The van der Waals surface area contributed by atoms with Gasteiger partial charge in [-0.25, -0.2) is 9.79 Å². The normalized spacial score (nSPS) is 20.8. The summed E-state index contributed by atoms with van der Waals surface area (Å²) in [5.74, 6) is 0.472. The van der Waals surface area contributed by atoms with E-state index in [1.54, 1.807) is 38.2 Å². The number of methoxy groups -OCH3 is 3. The first-order chi connectivity index (χ1) is 14.5. The number of aliphatic imine (C=N–C) groups is 1. The van der Waals surface area contributed by atoms with Crippen LogP contribution in [-0.2, 0) is 19.1 Å². The highest BCUT2D eigenvalue weighted by Crippen LogP contribution is 2.45. The molecule has 0 aromatic heterocycles. The minimum absolute atomic E-state index is 0.0734. The van der Waals surface area contributed by atoms with Crippen LogP contribution in [0, 0.1) is 0 Å². The number of amides is 1. The van der Waals surface area contributed by atoms with Gasteiger partial charge in [-0.2, -0.15) is 0 Å². The molecule has 1 saturated heterocycles. The van der Waals surface area contributed by atoms with E-state index in [2.05, 4.69) is 4.99 Å². The summed E-state index contributed by atoms with van der Waals surface area (Å²) in [5, 5.41) is 0.362. The first-order valence-corrected chi connectivity index (χ1v) is 10.5. The van der Waals surface area contributed by atoms with Gasteiger partial charge in [0.2, 0.25) is 5.91 Å². The zero-order chi connectivity index (χ0) is 21.8. The predicted octanol–water partition coefficient (Wildman–Crippen LogP) is 2.93. The zero-order valence-electron chi connectivity index (χ0n) is 17.8. The number of allylic oxidation sites excluding steroid dienone is 1. The molecule has 0 aliphatic carbocycles. The highest BCUT2D eigenvalue weighted by Gasteiger charge is 2.47. The smallest absolute Gasteiger partial charge is 0.338 e. The number of hydrogen-bond acceptors (Lipinski definition) is 8. The van der Waals surface area contributed by atoms with Crippen LogP contribution in [0.25, 0.3) is 0 Å². The summed E-state index contributed by atoms with van der Waals surface area (Å²) in [6.07, 6.45) is 0.671.